The van der Waals surface area contributed by atoms with Crippen molar-refractivity contribution in [1.29, 1.82) is 0 Å². The van der Waals surface area contributed by atoms with Gasteiger partial charge in [0.2, 0.25) is 0 Å². The van der Waals surface area contributed by atoms with Crippen molar-refractivity contribution in [3.8, 4) is 0 Å². The Bertz CT molecular complexity index is 451. The fraction of sp³-hybridized carbons (Fsp3) is 0.667. The number of nitrogens with zero attached hydrogens (tertiary/aromatic N) is 1. The summed E-state index contributed by atoms with van der Waals surface area (Å²) in [6.07, 6.45) is 2.64. The number of aryl methyl sites for hydroxylation is 1. The van der Waals surface area contributed by atoms with Gasteiger partial charge in [-0.2, -0.15) is 0 Å². The second kappa shape index (κ2) is 6.68. The van der Waals surface area contributed by atoms with Gasteiger partial charge in [-0.15, -0.1) is 12.4 Å². The summed E-state index contributed by atoms with van der Waals surface area (Å²) < 4.78 is 0. The van der Waals surface area contributed by atoms with Crippen molar-refractivity contribution in [2.24, 2.45) is 5.41 Å². The zero-order valence-electron chi connectivity index (χ0n) is 13.6. The normalized spacial score (nSPS) is 33.1. The molecule has 2 nitrogen and oxygen atoms in total. The van der Waals surface area contributed by atoms with E-state index >= 15 is 0 Å². The Labute approximate surface area is 135 Å². The lowest BCUT2D eigenvalue weighted by atomic mass is 9.89. The summed E-state index contributed by atoms with van der Waals surface area (Å²) in [7, 11) is 0. The Morgan fingerprint density at radius 1 is 1.29 bits per heavy atom. The maximum Gasteiger partial charge on any atom is 0.00737 e. The predicted octanol–water partition coefficient (Wildman–Crippen LogP) is 3.59. The van der Waals surface area contributed by atoms with E-state index in [0.717, 1.165) is 12.0 Å². The summed E-state index contributed by atoms with van der Waals surface area (Å²) in [5.41, 5.74) is 3.37. The fourth-order valence-corrected chi connectivity index (χ4v) is 3.89. The van der Waals surface area contributed by atoms with E-state index in [9.17, 15) is 0 Å². The van der Waals surface area contributed by atoms with Gasteiger partial charge in [-0.25, -0.2) is 0 Å². The number of hydrogen-bond acceptors (Lipinski definition) is 2. The van der Waals surface area contributed by atoms with Crippen LogP contribution in [0, 0.1) is 12.3 Å². The molecule has 3 heteroatoms. The lowest BCUT2D eigenvalue weighted by Gasteiger charge is -2.31. The predicted molar refractivity (Wildman–Crippen MR) is 92.4 cm³/mol. The van der Waals surface area contributed by atoms with Crippen LogP contribution in [0.2, 0.25) is 0 Å². The van der Waals surface area contributed by atoms with Gasteiger partial charge in [0.05, 0.1) is 0 Å². The van der Waals surface area contributed by atoms with Crippen LogP contribution >= 0.6 is 12.4 Å². The first-order valence-electron chi connectivity index (χ1n) is 8.07. The van der Waals surface area contributed by atoms with Crippen LogP contribution in [-0.2, 0) is 0 Å². The lowest BCUT2D eigenvalue weighted by Crippen LogP contribution is -2.39. The second-order valence-corrected chi connectivity index (χ2v) is 7.36. The molecule has 1 aromatic rings. The van der Waals surface area contributed by atoms with Gasteiger partial charge in [-0.05, 0) is 50.1 Å². The number of rotatable bonds is 3. The van der Waals surface area contributed by atoms with Crippen LogP contribution in [0.1, 0.15) is 43.7 Å². The van der Waals surface area contributed by atoms with Gasteiger partial charge in [0.1, 0.15) is 0 Å². The lowest BCUT2D eigenvalue weighted by molar-refractivity contribution is 0.171. The van der Waals surface area contributed by atoms with Crippen LogP contribution in [0.15, 0.2) is 24.3 Å². The minimum atomic E-state index is 0. The molecule has 0 radical (unpaired) electrons. The summed E-state index contributed by atoms with van der Waals surface area (Å²) in [5.74, 6) is 0.726. The quantitative estimate of drug-likeness (QED) is 0.918. The summed E-state index contributed by atoms with van der Waals surface area (Å²) in [4.78, 5) is 2.72. The van der Waals surface area contributed by atoms with E-state index < -0.39 is 0 Å². The number of benzene rings is 1. The first-order valence-corrected chi connectivity index (χ1v) is 8.07. The van der Waals surface area contributed by atoms with Crippen molar-refractivity contribution in [2.45, 2.75) is 45.6 Å². The van der Waals surface area contributed by atoms with Crippen molar-refractivity contribution in [2.75, 3.05) is 26.2 Å². The van der Waals surface area contributed by atoms with Crippen LogP contribution in [0.3, 0.4) is 0 Å². The van der Waals surface area contributed by atoms with Crippen molar-refractivity contribution >= 4 is 12.4 Å². The van der Waals surface area contributed by atoms with Gasteiger partial charge >= 0.3 is 0 Å². The molecule has 0 aliphatic carbocycles. The molecule has 3 unspecified atom stereocenters. The van der Waals surface area contributed by atoms with E-state index in [1.807, 2.05) is 0 Å². The summed E-state index contributed by atoms with van der Waals surface area (Å²) in [6, 6.07) is 9.89. The zero-order valence-corrected chi connectivity index (χ0v) is 14.4. The minimum Gasteiger partial charge on any atom is -0.316 e. The fourth-order valence-electron chi connectivity index (χ4n) is 3.89. The molecule has 1 N–H and O–H groups in total. The molecule has 3 atom stereocenters. The molecule has 21 heavy (non-hydrogen) atoms. The Hall–Kier alpha value is -0.570. The van der Waals surface area contributed by atoms with E-state index in [0.29, 0.717) is 5.41 Å². The number of nitrogens with one attached hydrogen (secondary N) is 1. The highest BCUT2D eigenvalue weighted by Crippen LogP contribution is 2.35. The highest BCUT2D eigenvalue weighted by Gasteiger charge is 2.36. The van der Waals surface area contributed by atoms with E-state index in [1.54, 1.807) is 0 Å². The zero-order chi connectivity index (χ0) is 14.2. The third-order valence-electron chi connectivity index (χ3n) is 5.29. The van der Waals surface area contributed by atoms with Gasteiger partial charge in [0.25, 0.3) is 0 Å². The molecular formula is C18H29ClN2. The molecule has 2 fully saturated rings. The smallest absolute Gasteiger partial charge is 0.00737 e. The highest BCUT2D eigenvalue weighted by molar-refractivity contribution is 5.85. The third kappa shape index (κ3) is 3.80. The second-order valence-electron chi connectivity index (χ2n) is 7.36. The van der Waals surface area contributed by atoms with E-state index in [2.05, 4.69) is 55.3 Å². The third-order valence-corrected chi connectivity index (χ3v) is 5.29. The standard InChI is InChI=1S/C18H28N2.ClH/c1-14-4-6-16(7-5-14)17-10-15(2)20(11-17)13-18(3)8-9-19-12-18;/h4-7,15,17,19H,8-13H2,1-3H3;1H. The van der Waals surface area contributed by atoms with Gasteiger partial charge < -0.3 is 5.32 Å². The molecule has 0 aromatic heterocycles. The highest BCUT2D eigenvalue weighted by atomic mass is 35.5. The summed E-state index contributed by atoms with van der Waals surface area (Å²) in [6.45, 7) is 11.9. The van der Waals surface area contributed by atoms with Crippen LogP contribution in [0.4, 0.5) is 0 Å². The average molecular weight is 309 g/mol. The van der Waals surface area contributed by atoms with E-state index in [4.69, 9.17) is 0 Å². The van der Waals surface area contributed by atoms with Gasteiger partial charge in [0.15, 0.2) is 0 Å². The van der Waals surface area contributed by atoms with Crippen molar-refractivity contribution in [3.63, 3.8) is 0 Å². The van der Waals surface area contributed by atoms with Crippen molar-refractivity contribution in [3.05, 3.63) is 35.4 Å². The molecule has 0 amide bonds. The maximum atomic E-state index is 3.52. The van der Waals surface area contributed by atoms with Gasteiger partial charge in [0, 0.05) is 25.7 Å². The van der Waals surface area contributed by atoms with E-state index in [-0.39, 0.29) is 12.4 Å². The van der Waals surface area contributed by atoms with Crippen molar-refractivity contribution < 1.29 is 0 Å². The van der Waals surface area contributed by atoms with Crippen LogP contribution in [-0.4, -0.2) is 37.1 Å². The molecule has 0 bridgehead atoms. The molecule has 1 aromatic carbocycles. The molecule has 2 saturated heterocycles. The Kier molecular flexibility index (Phi) is 5.34. The Balaban J connectivity index is 0.00000161. The summed E-state index contributed by atoms with van der Waals surface area (Å²) >= 11 is 0. The monoisotopic (exact) mass is 308 g/mol. The van der Waals surface area contributed by atoms with Crippen molar-refractivity contribution in [1.82, 2.24) is 10.2 Å². The van der Waals surface area contributed by atoms with Gasteiger partial charge in [-0.1, -0.05) is 36.8 Å². The minimum absolute atomic E-state index is 0. The average Bonchev–Trinajstić information content (AvgIpc) is 2.98. The molecule has 2 aliphatic heterocycles. The summed E-state index contributed by atoms with van der Waals surface area (Å²) in [5, 5.41) is 3.52. The molecule has 118 valence electrons. The number of halogens is 1. The molecule has 0 spiro atoms. The Morgan fingerprint density at radius 3 is 2.62 bits per heavy atom. The molecular weight excluding hydrogens is 280 g/mol. The topological polar surface area (TPSA) is 15.3 Å². The van der Waals surface area contributed by atoms with Gasteiger partial charge in [-0.3, -0.25) is 4.90 Å². The van der Waals surface area contributed by atoms with Crippen LogP contribution in [0.25, 0.3) is 0 Å². The SMILES string of the molecule is Cc1ccc(C2CC(C)N(CC3(C)CCNC3)C2)cc1.Cl. The largest absolute Gasteiger partial charge is 0.316 e. The number of likely N-dealkylation sites (tertiary alicyclic amines) is 1. The molecule has 2 aliphatic rings. The number of hydrogen-bond donors (Lipinski definition) is 1. The molecule has 0 saturated carbocycles. The first-order chi connectivity index (χ1) is 9.56. The first kappa shape index (κ1) is 16.8. The maximum absolute atomic E-state index is 3.52. The van der Waals surface area contributed by atoms with Crippen LogP contribution in [0.5, 0.6) is 0 Å². The molecule has 3 rings (SSSR count). The van der Waals surface area contributed by atoms with E-state index in [1.165, 1.54) is 50.1 Å². The Morgan fingerprint density at radius 2 is 2.00 bits per heavy atom. The molecule has 2 heterocycles. The van der Waals surface area contributed by atoms with Crippen LogP contribution < -0.4 is 5.32 Å².